The van der Waals surface area contributed by atoms with Crippen LogP contribution in [0.4, 0.5) is 4.79 Å². The lowest BCUT2D eigenvalue weighted by Crippen LogP contribution is -2.56. The second-order valence-electron chi connectivity index (χ2n) is 7.60. The monoisotopic (exact) mass is 294 g/mol. The van der Waals surface area contributed by atoms with E-state index >= 15 is 0 Å². The molecule has 2 heterocycles. The molecule has 1 unspecified atom stereocenters. The van der Waals surface area contributed by atoms with Gasteiger partial charge in [-0.2, -0.15) is 0 Å². The highest BCUT2D eigenvalue weighted by molar-refractivity contribution is 5.70. The summed E-state index contributed by atoms with van der Waals surface area (Å²) in [6, 6.07) is 0.430. The summed E-state index contributed by atoms with van der Waals surface area (Å²) in [7, 11) is 0. The molecule has 120 valence electrons. The fraction of sp³-hybridized carbons (Fsp3) is 0.824. The molecule has 4 nitrogen and oxygen atoms in total. The van der Waals surface area contributed by atoms with Gasteiger partial charge in [0.25, 0.3) is 0 Å². The summed E-state index contributed by atoms with van der Waals surface area (Å²) in [6.07, 6.45) is 4.01. The van der Waals surface area contributed by atoms with E-state index in [1.165, 1.54) is 0 Å². The third kappa shape index (κ3) is 3.04. The Bertz CT molecular complexity index is 425. The fourth-order valence-corrected chi connectivity index (χ4v) is 3.60. The number of carbonyl (C=O) groups excluding carboxylic acids is 1. The number of hydrogen-bond donors (Lipinski definition) is 0. The summed E-state index contributed by atoms with van der Waals surface area (Å²) in [5.74, 6) is 0. The number of nitrogens with zero attached hydrogens (tertiary/aromatic N) is 2. The molecule has 0 radical (unpaired) electrons. The van der Waals surface area contributed by atoms with E-state index in [0.717, 1.165) is 44.5 Å². The lowest BCUT2D eigenvalue weighted by molar-refractivity contribution is -0.00600. The van der Waals surface area contributed by atoms with Crippen LogP contribution < -0.4 is 0 Å². The van der Waals surface area contributed by atoms with Crippen LogP contribution in [0.2, 0.25) is 0 Å². The third-order valence-corrected chi connectivity index (χ3v) is 4.63. The van der Waals surface area contributed by atoms with Gasteiger partial charge in [-0.15, -0.1) is 0 Å². The van der Waals surface area contributed by atoms with Crippen LogP contribution in [-0.2, 0) is 4.74 Å². The topological polar surface area (TPSA) is 32.8 Å². The Morgan fingerprint density at radius 1 is 1.24 bits per heavy atom. The Kier molecular flexibility index (Phi) is 4.27. The van der Waals surface area contributed by atoms with Crippen molar-refractivity contribution in [2.75, 3.05) is 13.1 Å². The Labute approximate surface area is 129 Å². The van der Waals surface area contributed by atoms with E-state index in [9.17, 15) is 4.79 Å². The number of likely N-dealkylation sites (tertiary alicyclic amines) is 2. The molecule has 0 aromatic carbocycles. The van der Waals surface area contributed by atoms with Gasteiger partial charge in [0.1, 0.15) is 5.60 Å². The predicted molar refractivity (Wildman–Crippen MR) is 85.1 cm³/mol. The molecule has 1 amide bonds. The van der Waals surface area contributed by atoms with Gasteiger partial charge in [0.05, 0.1) is 5.54 Å². The highest BCUT2D eigenvalue weighted by Crippen LogP contribution is 2.44. The maximum absolute atomic E-state index is 12.6. The second-order valence-corrected chi connectivity index (χ2v) is 7.60. The van der Waals surface area contributed by atoms with Gasteiger partial charge in [-0.3, -0.25) is 4.90 Å². The van der Waals surface area contributed by atoms with Crippen molar-refractivity contribution < 1.29 is 9.53 Å². The average molecular weight is 294 g/mol. The molecular weight excluding hydrogens is 264 g/mol. The van der Waals surface area contributed by atoms with Gasteiger partial charge in [-0.1, -0.05) is 6.58 Å². The maximum atomic E-state index is 12.6. The summed E-state index contributed by atoms with van der Waals surface area (Å²) in [6.45, 7) is 16.2. The Balaban J connectivity index is 2.24. The van der Waals surface area contributed by atoms with E-state index in [4.69, 9.17) is 4.74 Å². The number of hydrogen-bond acceptors (Lipinski definition) is 3. The van der Waals surface area contributed by atoms with Gasteiger partial charge in [-0.05, 0) is 60.3 Å². The first kappa shape index (κ1) is 16.2. The van der Waals surface area contributed by atoms with E-state index in [0.29, 0.717) is 6.04 Å². The molecule has 4 heteroatoms. The van der Waals surface area contributed by atoms with E-state index in [1.54, 1.807) is 0 Å². The summed E-state index contributed by atoms with van der Waals surface area (Å²) in [5, 5.41) is 0. The normalized spacial score (nSPS) is 26.9. The van der Waals surface area contributed by atoms with Gasteiger partial charge < -0.3 is 9.64 Å². The molecule has 1 atom stereocenters. The molecule has 0 N–H and O–H groups in total. The largest absolute Gasteiger partial charge is 0.444 e. The van der Waals surface area contributed by atoms with Crippen LogP contribution in [0, 0.1) is 0 Å². The first-order chi connectivity index (χ1) is 9.67. The van der Waals surface area contributed by atoms with Crippen molar-refractivity contribution in [1.29, 1.82) is 0 Å². The molecule has 2 aliphatic rings. The summed E-state index contributed by atoms with van der Waals surface area (Å²) in [4.78, 5) is 16.9. The van der Waals surface area contributed by atoms with Crippen molar-refractivity contribution in [3.8, 4) is 0 Å². The van der Waals surface area contributed by atoms with E-state index in [-0.39, 0.29) is 11.6 Å². The number of carbonyl (C=O) groups is 1. The first-order valence-corrected chi connectivity index (χ1v) is 8.14. The predicted octanol–water partition coefficient (Wildman–Crippen LogP) is 3.77. The van der Waals surface area contributed by atoms with Gasteiger partial charge >= 0.3 is 6.09 Å². The van der Waals surface area contributed by atoms with Crippen molar-refractivity contribution in [2.45, 2.75) is 77.5 Å². The fourth-order valence-electron chi connectivity index (χ4n) is 3.60. The number of piperidine rings is 1. The zero-order valence-corrected chi connectivity index (χ0v) is 14.2. The van der Waals surface area contributed by atoms with E-state index in [1.807, 2.05) is 25.7 Å². The highest BCUT2D eigenvalue weighted by atomic mass is 16.6. The van der Waals surface area contributed by atoms with Crippen LogP contribution in [0.1, 0.15) is 60.3 Å². The minimum Gasteiger partial charge on any atom is -0.444 e. The minimum atomic E-state index is -0.451. The van der Waals surface area contributed by atoms with Gasteiger partial charge in [0.15, 0.2) is 0 Å². The number of ether oxygens (including phenoxy) is 1. The Hall–Kier alpha value is -1.19. The smallest absolute Gasteiger partial charge is 0.411 e. The van der Waals surface area contributed by atoms with Crippen molar-refractivity contribution in [1.82, 2.24) is 9.80 Å². The van der Waals surface area contributed by atoms with Crippen molar-refractivity contribution >= 4 is 6.09 Å². The van der Waals surface area contributed by atoms with Gasteiger partial charge in [-0.25, -0.2) is 4.79 Å². The molecular formula is C17H30N2O2. The van der Waals surface area contributed by atoms with Crippen LogP contribution in [0.15, 0.2) is 12.3 Å². The minimum absolute atomic E-state index is 0.186. The highest BCUT2D eigenvalue weighted by Gasteiger charge is 2.50. The zero-order valence-electron chi connectivity index (χ0n) is 14.2. The maximum Gasteiger partial charge on any atom is 0.411 e. The standard InChI is InChI=1S/C17H30N2O2/c1-13(2)18-12-10-17(14(18)3)9-7-8-11-19(17)15(20)21-16(4,5)6/h13H,3,7-12H2,1-2,4-6H3. The van der Waals surface area contributed by atoms with Gasteiger partial charge in [0, 0.05) is 24.8 Å². The molecule has 0 saturated carbocycles. The molecule has 1 spiro atoms. The molecule has 21 heavy (non-hydrogen) atoms. The third-order valence-electron chi connectivity index (χ3n) is 4.63. The Morgan fingerprint density at radius 3 is 2.43 bits per heavy atom. The summed E-state index contributed by atoms with van der Waals surface area (Å²) >= 11 is 0. The molecule has 0 aromatic heterocycles. The summed E-state index contributed by atoms with van der Waals surface area (Å²) in [5.41, 5.74) is 0.432. The second kappa shape index (κ2) is 5.54. The van der Waals surface area contributed by atoms with E-state index in [2.05, 4.69) is 25.3 Å². The average Bonchev–Trinajstić information content (AvgIpc) is 2.66. The van der Waals surface area contributed by atoms with Crippen LogP contribution in [0.3, 0.4) is 0 Å². The van der Waals surface area contributed by atoms with Crippen LogP contribution in [0.25, 0.3) is 0 Å². The summed E-state index contributed by atoms with van der Waals surface area (Å²) < 4.78 is 5.64. The molecule has 2 saturated heterocycles. The van der Waals surface area contributed by atoms with E-state index < -0.39 is 5.60 Å². The number of rotatable bonds is 1. The van der Waals surface area contributed by atoms with Crippen LogP contribution in [-0.4, -0.2) is 46.2 Å². The Morgan fingerprint density at radius 2 is 1.90 bits per heavy atom. The molecule has 0 aromatic rings. The lowest BCUT2D eigenvalue weighted by atomic mass is 9.84. The molecule has 2 rings (SSSR count). The zero-order chi connectivity index (χ0) is 15.8. The first-order valence-electron chi connectivity index (χ1n) is 8.14. The molecule has 0 bridgehead atoms. The van der Waals surface area contributed by atoms with Gasteiger partial charge in [0.2, 0.25) is 0 Å². The lowest BCUT2D eigenvalue weighted by Gasteiger charge is -2.46. The van der Waals surface area contributed by atoms with Crippen molar-refractivity contribution in [3.05, 3.63) is 12.3 Å². The van der Waals surface area contributed by atoms with Crippen molar-refractivity contribution in [2.24, 2.45) is 0 Å². The quantitative estimate of drug-likeness (QED) is 0.738. The SMILES string of the molecule is C=C1N(C(C)C)CCC12CCCCN2C(=O)OC(C)(C)C. The molecule has 2 fully saturated rings. The number of amides is 1. The van der Waals surface area contributed by atoms with Crippen LogP contribution >= 0.6 is 0 Å². The molecule has 0 aliphatic carbocycles. The van der Waals surface area contributed by atoms with Crippen LogP contribution in [0.5, 0.6) is 0 Å². The molecule has 2 aliphatic heterocycles. The van der Waals surface area contributed by atoms with Crippen molar-refractivity contribution in [3.63, 3.8) is 0 Å².